The summed E-state index contributed by atoms with van der Waals surface area (Å²) >= 11 is 1.73. The predicted molar refractivity (Wildman–Crippen MR) is 77.3 cm³/mol. The highest BCUT2D eigenvalue weighted by molar-refractivity contribution is 7.10. The van der Waals surface area contributed by atoms with E-state index in [2.05, 4.69) is 6.07 Å². The minimum absolute atomic E-state index is 0.117. The van der Waals surface area contributed by atoms with E-state index in [0.29, 0.717) is 13.1 Å². The molecule has 0 saturated carbocycles. The van der Waals surface area contributed by atoms with E-state index in [9.17, 15) is 14.7 Å². The van der Waals surface area contributed by atoms with Crippen LogP contribution < -0.4 is 0 Å². The van der Waals surface area contributed by atoms with Crippen molar-refractivity contribution in [3.05, 3.63) is 21.9 Å². The third-order valence-electron chi connectivity index (χ3n) is 4.25. The van der Waals surface area contributed by atoms with Crippen LogP contribution in [0, 0.1) is 5.92 Å². The maximum Gasteiger partial charge on any atom is 0.320 e. The second-order valence-electron chi connectivity index (χ2n) is 5.48. The van der Waals surface area contributed by atoms with Gasteiger partial charge in [0.1, 0.15) is 5.92 Å². The first-order chi connectivity index (χ1) is 10.1. The summed E-state index contributed by atoms with van der Waals surface area (Å²) in [5.41, 5.74) is 1.20. The Morgan fingerprint density at radius 2 is 2.29 bits per heavy atom. The number of urea groups is 1. The largest absolute Gasteiger partial charge is 0.481 e. The Morgan fingerprint density at radius 3 is 3.05 bits per heavy atom. The van der Waals surface area contributed by atoms with Crippen molar-refractivity contribution in [3.63, 3.8) is 0 Å². The molecule has 2 amide bonds. The summed E-state index contributed by atoms with van der Waals surface area (Å²) in [4.78, 5) is 28.5. The standard InChI is InChI=1S/C14H18N2O4S/c1-15(11-8-20-7-10(11)13(17)18)14(19)16-4-2-12-9(6-16)3-5-21-12/h3,5,10-11H,2,4,6-8H2,1H3,(H,17,18). The molecule has 0 bridgehead atoms. The lowest BCUT2D eigenvalue weighted by molar-refractivity contribution is -0.142. The third-order valence-corrected chi connectivity index (χ3v) is 5.27. The first kappa shape index (κ1) is 14.3. The Balaban J connectivity index is 1.69. The number of carboxylic acids is 1. The van der Waals surface area contributed by atoms with E-state index in [-0.39, 0.29) is 25.3 Å². The lowest BCUT2D eigenvalue weighted by atomic mass is 10.0. The van der Waals surface area contributed by atoms with Gasteiger partial charge >= 0.3 is 12.0 Å². The van der Waals surface area contributed by atoms with E-state index in [0.717, 1.165) is 6.42 Å². The van der Waals surface area contributed by atoms with Crippen LogP contribution in [0.2, 0.25) is 0 Å². The molecule has 1 aromatic heterocycles. The fraction of sp³-hybridized carbons (Fsp3) is 0.571. The Labute approximate surface area is 126 Å². The number of hydrogen-bond donors (Lipinski definition) is 1. The molecular formula is C14H18N2O4S. The van der Waals surface area contributed by atoms with E-state index >= 15 is 0 Å². The van der Waals surface area contributed by atoms with Gasteiger partial charge in [0.15, 0.2) is 0 Å². The first-order valence-corrected chi connectivity index (χ1v) is 7.83. The minimum atomic E-state index is -0.907. The van der Waals surface area contributed by atoms with E-state index in [1.54, 1.807) is 23.3 Å². The van der Waals surface area contributed by atoms with Gasteiger partial charge in [0.25, 0.3) is 0 Å². The normalized spacial score (nSPS) is 24.7. The van der Waals surface area contributed by atoms with Gasteiger partial charge in [0, 0.05) is 25.0 Å². The molecule has 1 N–H and O–H groups in total. The monoisotopic (exact) mass is 310 g/mol. The number of hydrogen-bond acceptors (Lipinski definition) is 4. The molecule has 6 nitrogen and oxygen atoms in total. The van der Waals surface area contributed by atoms with Crippen LogP contribution in [0.5, 0.6) is 0 Å². The second kappa shape index (κ2) is 5.65. The number of carbonyl (C=O) groups is 2. The summed E-state index contributed by atoms with van der Waals surface area (Å²) in [7, 11) is 1.67. The highest BCUT2D eigenvalue weighted by atomic mass is 32.1. The van der Waals surface area contributed by atoms with Crippen molar-refractivity contribution in [1.29, 1.82) is 0 Å². The lowest BCUT2D eigenvalue weighted by Gasteiger charge is -2.34. The summed E-state index contributed by atoms with van der Waals surface area (Å²) in [6.45, 7) is 1.75. The Hall–Kier alpha value is -1.60. The van der Waals surface area contributed by atoms with Crippen molar-refractivity contribution in [2.45, 2.75) is 19.0 Å². The molecule has 2 aliphatic rings. The number of likely N-dealkylation sites (N-methyl/N-ethyl adjacent to an activating group) is 1. The maximum atomic E-state index is 12.6. The number of ether oxygens (including phenoxy) is 1. The zero-order valence-corrected chi connectivity index (χ0v) is 12.6. The van der Waals surface area contributed by atoms with Crippen LogP contribution in [0.4, 0.5) is 4.79 Å². The third kappa shape index (κ3) is 2.63. The van der Waals surface area contributed by atoms with E-state index in [1.807, 2.05) is 5.38 Å². The van der Waals surface area contributed by atoms with Crippen molar-refractivity contribution in [2.24, 2.45) is 5.92 Å². The lowest BCUT2D eigenvalue weighted by Crippen LogP contribution is -2.50. The second-order valence-corrected chi connectivity index (χ2v) is 6.48. The fourth-order valence-electron chi connectivity index (χ4n) is 2.94. The number of aliphatic carboxylic acids is 1. The predicted octanol–water partition coefficient (Wildman–Crippen LogP) is 1.26. The SMILES string of the molecule is CN(C(=O)N1CCc2sccc2C1)C1COCC1C(=O)O. The molecule has 21 heavy (non-hydrogen) atoms. The smallest absolute Gasteiger partial charge is 0.320 e. The number of thiophene rings is 1. The van der Waals surface area contributed by atoms with Gasteiger partial charge in [-0.2, -0.15) is 0 Å². The average molecular weight is 310 g/mol. The molecule has 2 unspecified atom stereocenters. The van der Waals surface area contributed by atoms with Crippen molar-refractivity contribution in [1.82, 2.24) is 9.80 Å². The van der Waals surface area contributed by atoms with Crippen molar-refractivity contribution >= 4 is 23.3 Å². The van der Waals surface area contributed by atoms with Crippen LogP contribution >= 0.6 is 11.3 Å². The molecule has 0 aromatic carbocycles. The van der Waals surface area contributed by atoms with Crippen LogP contribution in [0.25, 0.3) is 0 Å². The molecule has 7 heteroatoms. The average Bonchev–Trinajstić information content (AvgIpc) is 3.13. The Kier molecular flexibility index (Phi) is 3.86. The van der Waals surface area contributed by atoms with Gasteiger partial charge < -0.3 is 19.6 Å². The van der Waals surface area contributed by atoms with E-state index in [4.69, 9.17) is 4.74 Å². The van der Waals surface area contributed by atoms with Gasteiger partial charge in [-0.25, -0.2) is 4.79 Å². The number of amides is 2. The molecule has 2 aliphatic heterocycles. The van der Waals surface area contributed by atoms with Gasteiger partial charge in [-0.3, -0.25) is 4.79 Å². The highest BCUT2D eigenvalue weighted by Crippen LogP contribution is 2.26. The van der Waals surface area contributed by atoms with Crippen LogP contribution in [0.3, 0.4) is 0 Å². The molecule has 0 aliphatic carbocycles. The summed E-state index contributed by atoms with van der Waals surface area (Å²) in [6, 6.07) is 1.55. The molecule has 114 valence electrons. The number of carboxylic acid groups (broad SMARTS) is 1. The van der Waals surface area contributed by atoms with E-state index < -0.39 is 11.9 Å². The van der Waals surface area contributed by atoms with Gasteiger partial charge in [0.2, 0.25) is 0 Å². The van der Waals surface area contributed by atoms with Gasteiger partial charge in [-0.1, -0.05) is 0 Å². The van der Waals surface area contributed by atoms with Gasteiger partial charge in [0.05, 0.1) is 19.3 Å². The highest BCUT2D eigenvalue weighted by Gasteiger charge is 2.39. The summed E-state index contributed by atoms with van der Waals surface area (Å²) in [5.74, 6) is -1.55. The first-order valence-electron chi connectivity index (χ1n) is 6.95. The van der Waals surface area contributed by atoms with Crippen molar-refractivity contribution in [3.8, 4) is 0 Å². The molecule has 3 rings (SSSR count). The fourth-order valence-corrected chi connectivity index (χ4v) is 3.83. The van der Waals surface area contributed by atoms with Gasteiger partial charge in [-0.15, -0.1) is 11.3 Å². The number of carbonyl (C=O) groups excluding carboxylic acids is 1. The summed E-state index contributed by atoms with van der Waals surface area (Å²) < 4.78 is 5.24. The number of nitrogens with zero attached hydrogens (tertiary/aromatic N) is 2. The molecule has 1 aromatic rings. The minimum Gasteiger partial charge on any atom is -0.481 e. The van der Waals surface area contributed by atoms with Crippen LogP contribution in [0.15, 0.2) is 11.4 Å². The van der Waals surface area contributed by atoms with Crippen LogP contribution in [-0.4, -0.2) is 59.8 Å². The zero-order chi connectivity index (χ0) is 15.0. The maximum absolute atomic E-state index is 12.6. The quantitative estimate of drug-likeness (QED) is 0.893. The number of fused-ring (bicyclic) bond motifs is 1. The van der Waals surface area contributed by atoms with E-state index in [1.165, 1.54) is 15.3 Å². The topological polar surface area (TPSA) is 70.1 Å². The van der Waals surface area contributed by atoms with Gasteiger partial charge in [-0.05, 0) is 23.4 Å². The zero-order valence-electron chi connectivity index (χ0n) is 11.8. The van der Waals surface area contributed by atoms with Crippen LogP contribution in [0.1, 0.15) is 10.4 Å². The summed E-state index contributed by atoms with van der Waals surface area (Å²) in [5, 5.41) is 11.2. The number of rotatable bonds is 2. The Bertz CT molecular complexity index is 559. The molecule has 0 spiro atoms. The molecule has 0 radical (unpaired) electrons. The Morgan fingerprint density at radius 1 is 1.48 bits per heavy atom. The molecule has 1 saturated heterocycles. The molecule has 3 heterocycles. The molecule has 1 fully saturated rings. The van der Waals surface area contributed by atoms with Crippen molar-refractivity contribution < 1.29 is 19.4 Å². The molecule has 2 atom stereocenters. The van der Waals surface area contributed by atoms with Crippen LogP contribution in [-0.2, 0) is 22.5 Å². The molecular weight excluding hydrogens is 292 g/mol. The van der Waals surface area contributed by atoms with Crippen molar-refractivity contribution in [2.75, 3.05) is 26.8 Å². The summed E-state index contributed by atoms with van der Waals surface area (Å²) in [6.07, 6.45) is 0.871.